The maximum atomic E-state index is 14.6. The molecule has 3 aromatic rings. The summed E-state index contributed by atoms with van der Waals surface area (Å²) in [6.45, 7) is 5.72. The fourth-order valence-electron chi connectivity index (χ4n) is 3.65. The largest absolute Gasteiger partial charge is 0.493 e. The highest BCUT2D eigenvalue weighted by Crippen LogP contribution is 2.30. The minimum absolute atomic E-state index is 0.0450. The van der Waals surface area contributed by atoms with Crippen LogP contribution in [0.2, 0.25) is 0 Å². The summed E-state index contributed by atoms with van der Waals surface area (Å²) < 4.78 is 34.6. The number of ether oxygens (including phenoxy) is 1. The van der Waals surface area contributed by atoms with Crippen LogP contribution < -0.4 is 15.0 Å². The molecule has 1 N–H and O–H groups in total. The van der Waals surface area contributed by atoms with Gasteiger partial charge in [0.15, 0.2) is 5.82 Å². The Hall–Kier alpha value is -2.96. The number of hydrogen-bond donors (Lipinski definition) is 1. The van der Waals surface area contributed by atoms with Crippen LogP contribution in [0, 0.1) is 11.6 Å². The molecule has 2 aromatic heterocycles. The van der Waals surface area contributed by atoms with Crippen LogP contribution in [0.3, 0.4) is 0 Å². The SMILES string of the molecule is CCCCN1Cc2cc(F)ccc2OCC[C@H](C)Nc2c(F)cnc3ccc1nc23. The van der Waals surface area contributed by atoms with Gasteiger partial charge in [0, 0.05) is 31.1 Å². The molecule has 0 saturated heterocycles. The van der Waals surface area contributed by atoms with E-state index in [0.29, 0.717) is 47.9 Å². The minimum Gasteiger partial charge on any atom is -0.493 e. The Morgan fingerprint density at radius 2 is 2.10 bits per heavy atom. The Morgan fingerprint density at radius 3 is 2.93 bits per heavy atom. The van der Waals surface area contributed by atoms with Crippen molar-refractivity contribution in [1.82, 2.24) is 9.97 Å². The summed E-state index contributed by atoms with van der Waals surface area (Å²) in [4.78, 5) is 11.0. The molecule has 0 amide bonds. The third kappa shape index (κ3) is 4.30. The summed E-state index contributed by atoms with van der Waals surface area (Å²) in [5, 5.41) is 3.24. The van der Waals surface area contributed by atoms with Crippen molar-refractivity contribution in [3.8, 4) is 5.75 Å². The molecule has 0 spiro atoms. The van der Waals surface area contributed by atoms with Gasteiger partial charge in [-0.2, -0.15) is 0 Å². The first-order valence-corrected chi connectivity index (χ1v) is 10.4. The lowest BCUT2D eigenvalue weighted by Crippen LogP contribution is -2.25. The van der Waals surface area contributed by atoms with Gasteiger partial charge >= 0.3 is 0 Å². The Morgan fingerprint density at radius 1 is 1.23 bits per heavy atom. The zero-order valence-electron chi connectivity index (χ0n) is 17.3. The van der Waals surface area contributed by atoms with Crippen molar-refractivity contribution in [2.24, 2.45) is 0 Å². The predicted octanol–water partition coefficient (Wildman–Crippen LogP) is 5.30. The Labute approximate surface area is 175 Å². The van der Waals surface area contributed by atoms with Crippen LogP contribution in [0.4, 0.5) is 20.3 Å². The van der Waals surface area contributed by atoms with Crippen LogP contribution in [0.15, 0.2) is 36.5 Å². The number of nitrogens with zero attached hydrogens (tertiary/aromatic N) is 3. The molecule has 1 aliphatic heterocycles. The highest BCUT2D eigenvalue weighted by atomic mass is 19.1. The lowest BCUT2D eigenvalue weighted by atomic mass is 10.1. The molecule has 0 aliphatic carbocycles. The third-order valence-electron chi connectivity index (χ3n) is 5.34. The van der Waals surface area contributed by atoms with Gasteiger partial charge in [-0.25, -0.2) is 13.8 Å². The molecule has 0 unspecified atom stereocenters. The lowest BCUT2D eigenvalue weighted by Gasteiger charge is -2.25. The molecular weight excluding hydrogens is 386 g/mol. The molecule has 5 nitrogen and oxygen atoms in total. The second-order valence-electron chi connectivity index (χ2n) is 7.73. The van der Waals surface area contributed by atoms with Gasteiger partial charge in [-0.15, -0.1) is 0 Å². The average Bonchev–Trinajstić information content (AvgIpc) is 2.74. The molecule has 0 saturated carbocycles. The standard InChI is InChI=1S/C23H26F2N4O/c1-3-4-10-29-14-16-12-17(24)5-7-20(16)30-11-9-15(2)27-22-18(25)13-26-19-6-8-21(29)28-23(19)22/h5-8,12-13,15,27H,3-4,9-11,14H2,1-2H3/t15-/m0/s1. The summed E-state index contributed by atoms with van der Waals surface area (Å²) in [6, 6.07) is 8.30. The van der Waals surface area contributed by atoms with Gasteiger partial charge in [0.25, 0.3) is 0 Å². The molecule has 1 atom stereocenters. The zero-order chi connectivity index (χ0) is 21.1. The summed E-state index contributed by atoms with van der Waals surface area (Å²) in [5.74, 6) is 0.636. The Bertz CT molecular complexity index is 1040. The van der Waals surface area contributed by atoms with E-state index in [0.717, 1.165) is 24.9 Å². The molecule has 158 valence electrons. The van der Waals surface area contributed by atoms with Crippen molar-refractivity contribution < 1.29 is 13.5 Å². The highest BCUT2D eigenvalue weighted by Gasteiger charge is 2.18. The smallest absolute Gasteiger partial charge is 0.166 e. The van der Waals surface area contributed by atoms with E-state index in [1.54, 1.807) is 6.07 Å². The number of halogens is 2. The van der Waals surface area contributed by atoms with Crippen molar-refractivity contribution in [3.63, 3.8) is 0 Å². The summed E-state index contributed by atoms with van der Waals surface area (Å²) in [5.41, 5.74) is 2.25. The maximum Gasteiger partial charge on any atom is 0.166 e. The van der Waals surface area contributed by atoms with Crippen LogP contribution in [-0.2, 0) is 6.54 Å². The van der Waals surface area contributed by atoms with Crippen LogP contribution in [0.5, 0.6) is 5.75 Å². The fourth-order valence-corrected chi connectivity index (χ4v) is 3.65. The highest BCUT2D eigenvalue weighted by molar-refractivity contribution is 5.89. The van der Waals surface area contributed by atoms with Crippen molar-refractivity contribution in [1.29, 1.82) is 0 Å². The monoisotopic (exact) mass is 412 g/mol. The van der Waals surface area contributed by atoms with Gasteiger partial charge in [-0.05, 0) is 43.7 Å². The van der Waals surface area contributed by atoms with Crippen LogP contribution >= 0.6 is 0 Å². The number of aromatic nitrogens is 2. The van der Waals surface area contributed by atoms with E-state index in [2.05, 4.69) is 22.1 Å². The van der Waals surface area contributed by atoms with Gasteiger partial charge in [0.05, 0.1) is 18.3 Å². The van der Waals surface area contributed by atoms with E-state index in [1.807, 2.05) is 19.1 Å². The quantitative estimate of drug-likeness (QED) is 0.633. The molecule has 7 heteroatoms. The van der Waals surface area contributed by atoms with Crippen LogP contribution in [0.1, 0.15) is 38.7 Å². The Balaban J connectivity index is 1.85. The number of pyridine rings is 2. The third-order valence-corrected chi connectivity index (χ3v) is 5.34. The van der Waals surface area contributed by atoms with Gasteiger partial charge < -0.3 is 15.0 Å². The minimum atomic E-state index is -0.430. The first-order valence-electron chi connectivity index (χ1n) is 10.4. The van der Waals surface area contributed by atoms with E-state index in [1.165, 1.54) is 18.3 Å². The van der Waals surface area contributed by atoms with Gasteiger partial charge in [0.1, 0.15) is 28.6 Å². The zero-order valence-corrected chi connectivity index (χ0v) is 17.3. The summed E-state index contributed by atoms with van der Waals surface area (Å²) in [7, 11) is 0. The maximum absolute atomic E-state index is 14.6. The molecule has 1 aliphatic rings. The molecule has 1 aromatic carbocycles. The molecule has 0 radical (unpaired) electrons. The number of hydrogen-bond acceptors (Lipinski definition) is 5. The van der Waals surface area contributed by atoms with Gasteiger partial charge in [-0.3, -0.25) is 4.98 Å². The number of anilines is 2. The van der Waals surface area contributed by atoms with Gasteiger partial charge in [0.2, 0.25) is 0 Å². The average molecular weight is 412 g/mol. The molecular formula is C23H26F2N4O. The molecule has 4 rings (SSSR count). The lowest BCUT2D eigenvalue weighted by molar-refractivity contribution is 0.300. The van der Waals surface area contributed by atoms with E-state index in [4.69, 9.17) is 9.72 Å². The number of nitrogens with one attached hydrogen (secondary N) is 1. The number of unbranched alkanes of at least 4 members (excludes halogenated alkanes) is 1. The normalized spacial score (nSPS) is 16.8. The van der Waals surface area contributed by atoms with Crippen molar-refractivity contribution in [2.75, 3.05) is 23.4 Å². The Kier molecular flexibility index (Phi) is 5.97. The van der Waals surface area contributed by atoms with Crippen molar-refractivity contribution in [3.05, 3.63) is 53.7 Å². The molecule has 0 fully saturated rings. The van der Waals surface area contributed by atoms with E-state index in [-0.39, 0.29) is 11.9 Å². The van der Waals surface area contributed by atoms with Crippen LogP contribution in [-0.4, -0.2) is 29.2 Å². The first kappa shape index (κ1) is 20.3. The fraction of sp³-hybridized carbons (Fsp3) is 0.391. The summed E-state index contributed by atoms with van der Waals surface area (Å²) in [6.07, 6.45) is 3.84. The van der Waals surface area contributed by atoms with Crippen molar-refractivity contribution in [2.45, 2.75) is 45.7 Å². The first-order chi connectivity index (χ1) is 14.5. The molecule has 2 bridgehead atoms. The van der Waals surface area contributed by atoms with E-state index >= 15 is 0 Å². The number of rotatable bonds is 3. The van der Waals surface area contributed by atoms with Crippen LogP contribution in [0.25, 0.3) is 11.0 Å². The van der Waals surface area contributed by atoms with Gasteiger partial charge in [-0.1, -0.05) is 13.3 Å². The summed E-state index contributed by atoms with van der Waals surface area (Å²) >= 11 is 0. The van der Waals surface area contributed by atoms with E-state index in [9.17, 15) is 8.78 Å². The second-order valence-corrected chi connectivity index (χ2v) is 7.73. The predicted molar refractivity (Wildman–Crippen MR) is 115 cm³/mol. The van der Waals surface area contributed by atoms with E-state index < -0.39 is 5.82 Å². The number of benzene rings is 1. The topological polar surface area (TPSA) is 50.3 Å². The molecule has 30 heavy (non-hydrogen) atoms. The molecule has 3 heterocycles. The van der Waals surface area contributed by atoms with Crippen molar-refractivity contribution >= 4 is 22.5 Å². The second kappa shape index (κ2) is 8.81. The number of fused-ring (bicyclic) bond motifs is 2.